The molecule has 0 unspecified atom stereocenters. The summed E-state index contributed by atoms with van der Waals surface area (Å²) in [6.07, 6.45) is 2.69. The van der Waals surface area contributed by atoms with Crippen LogP contribution in [0.4, 0.5) is 0 Å². The average molecular weight is 448 g/mol. The summed E-state index contributed by atoms with van der Waals surface area (Å²) >= 11 is 0. The Labute approximate surface area is 185 Å². The third kappa shape index (κ3) is 8.39. The summed E-state index contributed by atoms with van der Waals surface area (Å²) < 4.78 is 29.3. The molecule has 0 heterocycles. The smallest absolute Gasteiger partial charge is 0.393 e. The Morgan fingerprint density at radius 1 is 0.806 bits per heavy atom. The minimum absolute atomic E-state index is 0.167. The van der Waals surface area contributed by atoms with E-state index in [1.54, 1.807) is 24.3 Å². The third-order valence-electron chi connectivity index (χ3n) is 4.73. The zero-order valence-corrected chi connectivity index (χ0v) is 19.9. The number of carbonyl (C=O) groups is 1. The van der Waals surface area contributed by atoms with Crippen LogP contribution in [0.2, 0.25) is 0 Å². The van der Waals surface area contributed by atoms with Gasteiger partial charge in [-0.05, 0) is 53.6 Å². The van der Waals surface area contributed by atoms with E-state index in [1.165, 1.54) is 0 Å². The first-order valence-electron chi connectivity index (χ1n) is 10.8. The molecule has 0 saturated heterocycles. The molecule has 0 aromatic heterocycles. The van der Waals surface area contributed by atoms with E-state index >= 15 is 0 Å². The van der Waals surface area contributed by atoms with E-state index in [0.29, 0.717) is 18.3 Å². The van der Waals surface area contributed by atoms with Gasteiger partial charge in [0.2, 0.25) is 0 Å². The lowest BCUT2D eigenvalue weighted by molar-refractivity contribution is -0.221. The summed E-state index contributed by atoms with van der Waals surface area (Å²) in [6, 6.07) is 14.2. The maximum atomic E-state index is 13.3. The van der Waals surface area contributed by atoms with Crippen LogP contribution in [0.25, 0.3) is 0 Å². The van der Waals surface area contributed by atoms with Crippen LogP contribution >= 0.6 is 7.82 Å². The summed E-state index contributed by atoms with van der Waals surface area (Å²) in [4.78, 5) is 16.7. The summed E-state index contributed by atoms with van der Waals surface area (Å²) in [6.45, 7) is 10.3. The normalized spacial score (nSPS) is 11.6. The fraction of sp³-hybridized carbons (Fsp3) is 0.458. The van der Waals surface area contributed by atoms with Crippen LogP contribution in [0, 0.1) is 0 Å². The maximum absolute atomic E-state index is 13.3. The van der Waals surface area contributed by atoms with Crippen LogP contribution < -0.4 is 9.05 Å². The Bertz CT molecular complexity index is 801. The lowest BCUT2D eigenvalue weighted by Crippen LogP contribution is -2.10. The van der Waals surface area contributed by atoms with Crippen molar-refractivity contribution in [1.82, 2.24) is 0 Å². The predicted molar refractivity (Wildman–Crippen MR) is 121 cm³/mol. The number of hydrogen-bond donors (Lipinski definition) is 0. The molecule has 170 valence electrons. The molecule has 6 nitrogen and oxygen atoms in total. The van der Waals surface area contributed by atoms with Crippen molar-refractivity contribution in [2.24, 2.45) is 0 Å². The largest absolute Gasteiger partial charge is 0.625 e. The highest BCUT2D eigenvalue weighted by atomic mass is 31.2. The minimum Gasteiger partial charge on any atom is -0.393 e. The number of hydrogen-bond acceptors (Lipinski definition) is 6. The summed E-state index contributed by atoms with van der Waals surface area (Å²) in [5.41, 5.74) is 2.21. The van der Waals surface area contributed by atoms with Crippen LogP contribution in [0.1, 0.15) is 83.3 Å². The lowest BCUT2D eigenvalue weighted by atomic mass is 10.0. The second kappa shape index (κ2) is 11.9. The van der Waals surface area contributed by atoms with E-state index in [4.69, 9.17) is 18.6 Å². The Morgan fingerprint density at radius 3 is 1.65 bits per heavy atom. The van der Waals surface area contributed by atoms with Gasteiger partial charge >= 0.3 is 13.8 Å². The zero-order valence-electron chi connectivity index (χ0n) is 19.0. The highest BCUT2D eigenvalue weighted by Crippen LogP contribution is 2.50. The molecule has 0 bridgehead atoms. The van der Waals surface area contributed by atoms with E-state index in [-0.39, 0.29) is 17.9 Å². The minimum atomic E-state index is -4.28. The molecular formula is C24H33O6P. The van der Waals surface area contributed by atoms with E-state index in [2.05, 4.69) is 27.7 Å². The highest BCUT2D eigenvalue weighted by Gasteiger charge is 2.34. The topological polar surface area (TPSA) is 71.1 Å². The molecule has 2 aromatic rings. The first-order chi connectivity index (χ1) is 14.7. The molecule has 0 amide bonds. The van der Waals surface area contributed by atoms with E-state index in [9.17, 15) is 9.36 Å². The van der Waals surface area contributed by atoms with Crippen molar-refractivity contribution in [2.75, 3.05) is 0 Å². The number of phosphoric ester groups is 1. The molecular weight excluding hydrogens is 415 g/mol. The number of rotatable bonds is 12. The van der Waals surface area contributed by atoms with Gasteiger partial charge < -0.3 is 9.05 Å². The zero-order chi connectivity index (χ0) is 22.9. The molecule has 0 spiro atoms. The molecule has 0 saturated carbocycles. The van der Waals surface area contributed by atoms with Gasteiger partial charge in [0, 0.05) is 6.42 Å². The molecule has 0 fully saturated rings. The van der Waals surface area contributed by atoms with Crippen molar-refractivity contribution in [3.05, 3.63) is 59.7 Å². The summed E-state index contributed by atoms with van der Waals surface area (Å²) in [7, 11) is -4.28. The number of phosphoric acid groups is 1. The van der Waals surface area contributed by atoms with Crippen molar-refractivity contribution in [3.8, 4) is 11.5 Å². The second-order valence-corrected chi connectivity index (χ2v) is 9.47. The molecule has 2 aromatic carbocycles. The number of benzene rings is 2. The van der Waals surface area contributed by atoms with Gasteiger partial charge in [0.1, 0.15) is 11.5 Å². The molecule has 31 heavy (non-hydrogen) atoms. The van der Waals surface area contributed by atoms with Crippen LogP contribution in [-0.2, 0) is 18.9 Å². The molecule has 0 aliphatic rings. The fourth-order valence-corrected chi connectivity index (χ4v) is 3.82. The molecule has 0 atom stereocenters. The monoisotopic (exact) mass is 448 g/mol. The van der Waals surface area contributed by atoms with Gasteiger partial charge in [-0.25, -0.2) is 9.36 Å². The van der Waals surface area contributed by atoms with Crippen molar-refractivity contribution < 1.29 is 28.0 Å². The van der Waals surface area contributed by atoms with Crippen molar-refractivity contribution in [1.29, 1.82) is 0 Å². The third-order valence-corrected chi connectivity index (χ3v) is 5.86. The molecule has 0 aliphatic carbocycles. The molecule has 0 aliphatic heterocycles. The lowest BCUT2D eigenvalue weighted by Gasteiger charge is -2.18. The fourth-order valence-electron chi connectivity index (χ4n) is 2.78. The van der Waals surface area contributed by atoms with E-state index < -0.39 is 13.8 Å². The van der Waals surface area contributed by atoms with Gasteiger partial charge in [0.05, 0.1) is 0 Å². The van der Waals surface area contributed by atoms with Crippen LogP contribution in [-0.4, -0.2) is 5.97 Å². The molecule has 7 heteroatoms. The molecule has 2 rings (SSSR count). The first-order valence-corrected chi connectivity index (χ1v) is 12.3. The van der Waals surface area contributed by atoms with Gasteiger partial charge in [-0.2, -0.15) is 0 Å². The average Bonchev–Trinajstić information content (AvgIpc) is 2.73. The molecule has 0 N–H and O–H groups in total. The molecule has 0 radical (unpaired) electrons. The van der Waals surface area contributed by atoms with Gasteiger partial charge in [0.15, 0.2) is 0 Å². The standard InChI is InChI=1S/C24H33O6P/c1-6-7-8-9-24(25)27-30-31(26,28-22-14-10-20(11-15-22)18(2)3)29-23-16-12-21(13-17-23)19(4)5/h10-19H,6-9H2,1-5H3. The van der Waals surface area contributed by atoms with Crippen LogP contribution in [0.5, 0.6) is 11.5 Å². The maximum Gasteiger partial charge on any atom is 0.625 e. The van der Waals surface area contributed by atoms with Crippen LogP contribution in [0.3, 0.4) is 0 Å². The van der Waals surface area contributed by atoms with Gasteiger partial charge in [0.25, 0.3) is 0 Å². The Hall–Kier alpha value is -2.30. The van der Waals surface area contributed by atoms with Gasteiger partial charge in [-0.3, -0.25) is 4.89 Å². The van der Waals surface area contributed by atoms with Crippen molar-refractivity contribution in [2.45, 2.75) is 72.1 Å². The van der Waals surface area contributed by atoms with E-state index in [0.717, 1.165) is 24.0 Å². The SMILES string of the molecule is CCCCCC(=O)OOP(=O)(Oc1ccc(C(C)C)cc1)Oc1ccc(C(C)C)cc1. The predicted octanol–water partition coefficient (Wildman–Crippen LogP) is 7.55. The first kappa shape index (κ1) is 25.0. The number of carbonyl (C=O) groups excluding carboxylic acids is 1. The quantitative estimate of drug-likeness (QED) is 0.144. The highest BCUT2D eigenvalue weighted by molar-refractivity contribution is 7.49. The Morgan fingerprint density at radius 2 is 1.26 bits per heavy atom. The Kier molecular flexibility index (Phi) is 9.60. The van der Waals surface area contributed by atoms with E-state index in [1.807, 2.05) is 31.2 Å². The summed E-state index contributed by atoms with van der Waals surface area (Å²) in [5, 5.41) is 0. The van der Waals surface area contributed by atoms with Crippen molar-refractivity contribution >= 4 is 13.8 Å². The summed E-state index contributed by atoms with van der Waals surface area (Å²) in [5.74, 6) is 0.641. The van der Waals surface area contributed by atoms with Crippen LogP contribution in [0.15, 0.2) is 48.5 Å². The number of unbranched alkanes of at least 4 members (excludes halogenated alkanes) is 2. The van der Waals surface area contributed by atoms with Gasteiger partial charge in [-0.15, -0.1) is 0 Å². The Balaban J connectivity index is 2.14. The second-order valence-electron chi connectivity index (χ2n) is 8.06. The van der Waals surface area contributed by atoms with Gasteiger partial charge in [-0.1, -0.05) is 76.4 Å². The van der Waals surface area contributed by atoms with Crippen molar-refractivity contribution in [3.63, 3.8) is 0 Å².